The molecule has 1 saturated heterocycles. The Bertz CT molecular complexity index is 974. The molecule has 3 rings (SSSR count). The molecule has 162 valence electrons. The molecule has 0 saturated carbocycles. The molecule has 2 aromatic heterocycles. The van der Waals surface area contributed by atoms with E-state index in [1.807, 2.05) is 0 Å². The van der Waals surface area contributed by atoms with Crippen LogP contribution in [0.3, 0.4) is 0 Å². The lowest BCUT2D eigenvalue weighted by molar-refractivity contribution is -0.139. The molecule has 0 aromatic carbocycles. The van der Waals surface area contributed by atoms with Crippen LogP contribution in [0.5, 0.6) is 11.6 Å². The molecule has 0 radical (unpaired) electrons. The van der Waals surface area contributed by atoms with Crippen molar-refractivity contribution < 1.29 is 27.4 Å². The van der Waals surface area contributed by atoms with E-state index in [0.29, 0.717) is 25.9 Å². The van der Waals surface area contributed by atoms with Gasteiger partial charge in [-0.25, -0.2) is 4.98 Å². The number of halogens is 3. The van der Waals surface area contributed by atoms with E-state index in [0.717, 1.165) is 6.07 Å². The van der Waals surface area contributed by atoms with E-state index in [4.69, 9.17) is 9.47 Å². The SMILES string of the molecule is COc1cc(=O)n(C)cc1C(=O)N1CCCC(COc2ncccc2C(F)(F)F)C1. The maximum Gasteiger partial charge on any atom is 0.421 e. The fourth-order valence-electron chi connectivity index (χ4n) is 3.42. The van der Waals surface area contributed by atoms with E-state index in [1.54, 1.807) is 4.90 Å². The summed E-state index contributed by atoms with van der Waals surface area (Å²) in [6.45, 7) is 0.825. The lowest BCUT2D eigenvalue weighted by Crippen LogP contribution is -2.42. The summed E-state index contributed by atoms with van der Waals surface area (Å²) in [4.78, 5) is 30.1. The number of piperidine rings is 1. The number of pyridine rings is 2. The van der Waals surface area contributed by atoms with Crippen LogP contribution in [0.1, 0.15) is 28.8 Å². The van der Waals surface area contributed by atoms with E-state index < -0.39 is 17.6 Å². The summed E-state index contributed by atoms with van der Waals surface area (Å²) in [5, 5.41) is 0. The standard InChI is InChI=1S/C20H22F3N3O4/c1-25-11-14(16(29-2)9-17(25)27)19(28)26-8-4-5-13(10-26)12-30-18-15(20(21,22)23)6-3-7-24-18/h3,6-7,9,11,13H,4-5,8,10,12H2,1-2H3. The summed E-state index contributed by atoms with van der Waals surface area (Å²) < 4.78 is 51.1. The maximum absolute atomic E-state index is 13.1. The monoisotopic (exact) mass is 425 g/mol. The Balaban J connectivity index is 1.70. The number of alkyl halides is 3. The van der Waals surface area contributed by atoms with Gasteiger partial charge in [-0.05, 0) is 25.0 Å². The van der Waals surface area contributed by atoms with Gasteiger partial charge >= 0.3 is 6.18 Å². The highest BCUT2D eigenvalue weighted by Crippen LogP contribution is 2.35. The Morgan fingerprint density at radius 3 is 2.83 bits per heavy atom. The molecule has 1 unspecified atom stereocenters. The van der Waals surface area contributed by atoms with Crippen LogP contribution in [-0.4, -0.2) is 47.2 Å². The lowest BCUT2D eigenvalue weighted by atomic mass is 9.98. The first-order valence-corrected chi connectivity index (χ1v) is 9.39. The number of carbonyl (C=O) groups excluding carboxylic acids is 1. The van der Waals surface area contributed by atoms with E-state index >= 15 is 0 Å². The average molecular weight is 425 g/mol. The molecule has 3 heterocycles. The number of nitrogens with zero attached hydrogens (tertiary/aromatic N) is 3. The molecule has 1 amide bonds. The van der Waals surface area contributed by atoms with Gasteiger partial charge in [-0.15, -0.1) is 0 Å². The van der Waals surface area contributed by atoms with Crippen LogP contribution in [-0.2, 0) is 13.2 Å². The normalized spacial score (nSPS) is 17.0. The number of aromatic nitrogens is 2. The minimum absolute atomic E-state index is 0.00822. The van der Waals surface area contributed by atoms with Gasteiger partial charge in [-0.1, -0.05) is 0 Å². The molecule has 30 heavy (non-hydrogen) atoms. The van der Waals surface area contributed by atoms with E-state index in [1.165, 1.54) is 43.3 Å². The van der Waals surface area contributed by atoms with Crippen molar-refractivity contribution in [1.82, 2.24) is 14.5 Å². The number of carbonyl (C=O) groups is 1. The van der Waals surface area contributed by atoms with Gasteiger partial charge in [-0.3, -0.25) is 9.59 Å². The Hall–Kier alpha value is -3.04. The quantitative estimate of drug-likeness (QED) is 0.737. The van der Waals surface area contributed by atoms with Gasteiger partial charge in [0, 0.05) is 44.5 Å². The van der Waals surface area contributed by atoms with Crippen molar-refractivity contribution in [1.29, 1.82) is 0 Å². The second-order valence-electron chi connectivity index (χ2n) is 7.13. The van der Waals surface area contributed by atoms with Crippen LogP contribution in [0.25, 0.3) is 0 Å². The second kappa shape index (κ2) is 8.76. The van der Waals surface area contributed by atoms with Crippen LogP contribution in [0, 0.1) is 5.92 Å². The Morgan fingerprint density at radius 1 is 1.37 bits per heavy atom. The molecule has 0 N–H and O–H groups in total. The summed E-state index contributed by atoms with van der Waals surface area (Å²) in [5.74, 6) is -0.733. The molecular weight excluding hydrogens is 403 g/mol. The van der Waals surface area contributed by atoms with Crippen molar-refractivity contribution in [2.45, 2.75) is 19.0 Å². The van der Waals surface area contributed by atoms with Crippen molar-refractivity contribution >= 4 is 5.91 Å². The molecule has 1 aliphatic rings. The molecule has 2 aromatic rings. The zero-order chi connectivity index (χ0) is 21.9. The third-order valence-electron chi connectivity index (χ3n) is 4.98. The van der Waals surface area contributed by atoms with E-state index in [9.17, 15) is 22.8 Å². The highest BCUT2D eigenvalue weighted by Gasteiger charge is 2.35. The third-order valence-corrected chi connectivity index (χ3v) is 4.98. The van der Waals surface area contributed by atoms with E-state index in [-0.39, 0.29) is 35.3 Å². The highest BCUT2D eigenvalue weighted by atomic mass is 19.4. The number of methoxy groups -OCH3 is 1. The van der Waals surface area contributed by atoms with Crippen LogP contribution in [0.15, 0.2) is 35.4 Å². The number of ether oxygens (including phenoxy) is 2. The predicted octanol–water partition coefficient (Wildman–Crippen LogP) is 2.74. The fraction of sp³-hybridized carbons (Fsp3) is 0.450. The van der Waals surface area contributed by atoms with E-state index in [2.05, 4.69) is 4.98 Å². The fourth-order valence-corrected chi connectivity index (χ4v) is 3.42. The summed E-state index contributed by atoms with van der Waals surface area (Å²) in [5.41, 5.74) is -0.974. The Labute approximate surface area is 171 Å². The van der Waals surface area contributed by atoms with Crippen molar-refractivity contribution in [3.63, 3.8) is 0 Å². The van der Waals surface area contributed by atoms with Gasteiger partial charge in [0.25, 0.3) is 11.5 Å². The van der Waals surface area contributed by atoms with Gasteiger partial charge < -0.3 is 18.9 Å². The number of hydrogen-bond donors (Lipinski definition) is 0. The molecule has 1 atom stereocenters. The summed E-state index contributed by atoms with van der Waals surface area (Å²) in [7, 11) is 2.92. The summed E-state index contributed by atoms with van der Waals surface area (Å²) in [6, 6.07) is 3.37. The van der Waals surface area contributed by atoms with Crippen LogP contribution < -0.4 is 15.0 Å². The highest BCUT2D eigenvalue weighted by molar-refractivity contribution is 5.96. The molecule has 0 aliphatic carbocycles. The lowest BCUT2D eigenvalue weighted by Gasteiger charge is -2.33. The first-order chi connectivity index (χ1) is 14.2. The van der Waals surface area contributed by atoms with Gasteiger partial charge in [0.15, 0.2) is 0 Å². The first-order valence-electron chi connectivity index (χ1n) is 9.39. The van der Waals surface area contributed by atoms with Crippen LogP contribution >= 0.6 is 0 Å². The largest absolute Gasteiger partial charge is 0.496 e. The average Bonchev–Trinajstić information content (AvgIpc) is 2.73. The second-order valence-corrected chi connectivity index (χ2v) is 7.13. The Morgan fingerprint density at radius 2 is 2.13 bits per heavy atom. The van der Waals surface area contributed by atoms with Crippen molar-refractivity contribution in [3.05, 3.63) is 52.1 Å². The molecular formula is C20H22F3N3O4. The van der Waals surface area contributed by atoms with Crippen molar-refractivity contribution in [2.24, 2.45) is 13.0 Å². The predicted molar refractivity (Wildman–Crippen MR) is 102 cm³/mol. The molecule has 7 nitrogen and oxygen atoms in total. The number of aryl methyl sites for hydroxylation is 1. The summed E-state index contributed by atoms with van der Waals surface area (Å²) >= 11 is 0. The van der Waals surface area contributed by atoms with Crippen molar-refractivity contribution in [2.75, 3.05) is 26.8 Å². The number of likely N-dealkylation sites (tertiary alicyclic amines) is 1. The molecule has 0 bridgehead atoms. The molecule has 1 fully saturated rings. The van der Waals surface area contributed by atoms with Crippen LogP contribution in [0.4, 0.5) is 13.2 Å². The van der Waals surface area contributed by atoms with Crippen LogP contribution in [0.2, 0.25) is 0 Å². The molecule has 0 spiro atoms. The number of rotatable bonds is 5. The Kier molecular flexibility index (Phi) is 6.33. The minimum atomic E-state index is -4.56. The summed E-state index contributed by atoms with van der Waals surface area (Å²) in [6.07, 6.45) is -0.497. The minimum Gasteiger partial charge on any atom is -0.496 e. The zero-order valence-electron chi connectivity index (χ0n) is 16.6. The van der Waals surface area contributed by atoms with Crippen molar-refractivity contribution in [3.8, 4) is 11.6 Å². The van der Waals surface area contributed by atoms with Gasteiger partial charge in [0.05, 0.1) is 19.3 Å². The molecule has 10 heteroatoms. The van der Waals surface area contributed by atoms with Gasteiger partial charge in [0.2, 0.25) is 5.88 Å². The number of hydrogen-bond acceptors (Lipinski definition) is 5. The zero-order valence-corrected chi connectivity index (χ0v) is 16.6. The number of amides is 1. The first kappa shape index (κ1) is 21.7. The third kappa shape index (κ3) is 4.74. The smallest absolute Gasteiger partial charge is 0.421 e. The van der Waals surface area contributed by atoms with Gasteiger partial charge in [-0.2, -0.15) is 13.2 Å². The topological polar surface area (TPSA) is 73.7 Å². The molecule has 1 aliphatic heterocycles. The maximum atomic E-state index is 13.1. The van der Waals surface area contributed by atoms with Gasteiger partial charge in [0.1, 0.15) is 11.3 Å².